The summed E-state index contributed by atoms with van der Waals surface area (Å²) in [6, 6.07) is 0. The van der Waals surface area contributed by atoms with Crippen molar-refractivity contribution in [3.8, 4) is 0 Å². The van der Waals surface area contributed by atoms with Crippen LogP contribution in [0.5, 0.6) is 0 Å². The van der Waals surface area contributed by atoms with Crippen molar-refractivity contribution in [2.24, 2.45) is 0 Å². The number of hydrogen-bond donors (Lipinski definition) is 1. The van der Waals surface area contributed by atoms with Crippen molar-refractivity contribution < 1.29 is 9.84 Å². The van der Waals surface area contributed by atoms with Gasteiger partial charge in [0.05, 0.1) is 12.2 Å². The summed E-state index contributed by atoms with van der Waals surface area (Å²) in [6.45, 7) is 5.06. The van der Waals surface area contributed by atoms with E-state index in [0.717, 1.165) is 25.2 Å². The molecule has 1 saturated heterocycles. The molecule has 1 N–H and O–H groups in total. The van der Waals surface area contributed by atoms with Crippen LogP contribution in [0.4, 0.5) is 0 Å². The Morgan fingerprint density at radius 3 is 2.83 bits per heavy atom. The molecule has 0 aromatic heterocycles. The smallest absolute Gasteiger partial charge is 0.0957 e. The summed E-state index contributed by atoms with van der Waals surface area (Å²) in [4.78, 5) is 0. The van der Waals surface area contributed by atoms with Crippen LogP contribution in [0.3, 0.4) is 0 Å². The first kappa shape index (κ1) is 10.4. The summed E-state index contributed by atoms with van der Waals surface area (Å²) in [5.41, 5.74) is 0. The van der Waals surface area contributed by atoms with Crippen LogP contribution >= 0.6 is 11.8 Å². The minimum Gasteiger partial charge on any atom is -0.390 e. The normalized spacial score (nSPS) is 35.8. The van der Waals surface area contributed by atoms with Gasteiger partial charge in [-0.15, -0.1) is 0 Å². The second-order valence-electron chi connectivity index (χ2n) is 3.29. The predicted octanol–water partition coefficient (Wildman–Crippen LogP) is 1.67. The van der Waals surface area contributed by atoms with E-state index in [1.54, 1.807) is 11.8 Å². The zero-order valence-corrected chi connectivity index (χ0v) is 8.64. The van der Waals surface area contributed by atoms with Gasteiger partial charge in [0.25, 0.3) is 0 Å². The van der Waals surface area contributed by atoms with E-state index in [2.05, 4.69) is 13.8 Å². The van der Waals surface area contributed by atoms with E-state index in [0.29, 0.717) is 5.25 Å². The van der Waals surface area contributed by atoms with Gasteiger partial charge in [-0.25, -0.2) is 0 Å². The van der Waals surface area contributed by atoms with Gasteiger partial charge in [-0.05, 0) is 6.42 Å². The first-order valence-electron chi connectivity index (χ1n) is 4.67. The fraction of sp³-hybridized carbons (Fsp3) is 1.00. The van der Waals surface area contributed by atoms with E-state index in [1.165, 1.54) is 0 Å². The Balaban J connectivity index is 2.20. The van der Waals surface area contributed by atoms with Crippen molar-refractivity contribution >= 4 is 11.8 Å². The van der Waals surface area contributed by atoms with Crippen molar-refractivity contribution in [2.75, 3.05) is 12.4 Å². The van der Waals surface area contributed by atoms with Crippen LogP contribution in [0, 0.1) is 0 Å². The summed E-state index contributed by atoms with van der Waals surface area (Å²) in [5, 5.41) is 9.97. The zero-order chi connectivity index (χ0) is 8.97. The monoisotopic (exact) mass is 190 g/mol. The fourth-order valence-electron chi connectivity index (χ4n) is 1.36. The number of ether oxygens (including phenoxy) is 1. The molecule has 1 heterocycles. The molecule has 0 aromatic carbocycles. The van der Waals surface area contributed by atoms with E-state index in [-0.39, 0.29) is 12.2 Å². The quantitative estimate of drug-likeness (QED) is 0.684. The first-order chi connectivity index (χ1) is 5.75. The number of thioether (sulfide) groups is 1. The van der Waals surface area contributed by atoms with Crippen molar-refractivity contribution in [3.05, 3.63) is 0 Å². The molecule has 0 amide bonds. The molecule has 1 aliphatic heterocycles. The Labute approximate surface area is 78.7 Å². The third kappa shape index (κ3) is 2.64. The minimum absolute atomic E-state index is 0.0709. The number of unbranched alkanes of at least 4 members (excludes halogenated alkanes) is 1. The summed E-state index contributed by atoms with van der Waals surface area (Å²) in [6.07, 6.45) is 2.08. The van der Waals surface area contributed by atoms with Crippen LogP contribution in [0.1, 0.15) is 26.7 Å². The van der Waals surface area contributed by atoms with Gasteiger partial charge in [0, 0.05) is 17.6 Å². The average Bonchev–Trinajstić information content (AvgIpc) is 2.35. The van der Waals surface area contributed by atoms with Crippen LogP contribution in [0.25, 0.3) is 0 Å². The Hall–Kier alpha value is 0.270. The lowest BCUT2D eigenvalue weighted by Crippen LogP contribution is -2.31. The lowest BCUT2D eigenvalue weighted by atomic mass is 10.2. The lowest BCUT2D eigenvalue weighted by molar-refractivity contribution is -0.0199. The lowest BCUT2D eigenvalue weighted by Gasteiger charge is -2.18. The Kier molecular flexibility index (Phi) is 4.40. The minimum atomic E-state index is -0.248. The van der Waals surface area contributed by atoms with Gasteiger partial charge in [0.1, 0.15) is 0 Å². The van der Waals surface area contributed by atoms with Gasteiger partial charge in [-0.2, -0.15) is 11.8 Å². The highest BCUT2D eigenvalue weighted by Crippen LogP contribution is 2.29. The van der Waals surface area contributed by atoms with Crippen molar-refractivity contribution in [1.82, 2.24) is 0 Å². The maximum absolute atomic E-state index is 9.51. The van der Waals surface area contributed by atoms with E-state index in [4.69, 9.17) is 4.74 Å². The number of rotatable bonds is 4. The van der Waals surface area contributed by atoms with Gasteiger partial charge >= 0.3 is 0 Å². The van der Waals surface area contributed by atoms with Gasteiger partial charge in [-0.1, -0.05) is 20.3 Å². The summed E-state index contributed by atoms with van der Waals surface area (Å²) in [5.74, 6) is 0.831. The molecule has 3 atom stereocenters. The molecule has 12 heavy (non-hydrogen) atoms. The molecule has 0 aromatic rings. The zero-order valence-electron chi connectivity index (χ0n) is 7.82. The Bertz CT molecular complexity index is 120. The number of hydrogen-bond acceptors (Lipinski definition) is 3. The second kappa shape index (κ2) is 5.10. The van der Waals surface area contributed by atoms with Crippen molar-refractivity contribution in [1.29, 1.82) is 0 Å². The predicted molar refractivity (Wildman–Crippen MR) is 52.6 cm³/mol. The molecule has 0 radical (unpaired) electrons. The highest BCUT2D eigenvalue weighted by atomic mass is 32.2. The standard InChI is InChI=1S/C9H18O2S/c1-3-4-5-11-9-7(2)12-6-8(9)10/h7-10H,3-6H2,1-2H3/t7-,8+,9?/m1/s1. The summed E-state index contributed by atoms with van der Waals surface area (Å²) in [7, 11) is 0. The van der Waals surface area contributed by atoms with Crippen LogP contribution in [0.2, 0.25) is 0 Å². The molecule has 1 unspecified atom stereocenters. The molecule has 0 bridgehead atoms. The molecule has 0 aliphatic carbocycles. The first-order valence-corrected chi connectivity index (χ1v) is 5.72. The molecule has 0 saturated carbocycles. The fourth-order valence-corrected chi connectivity index (χ4v) is 2.50. The van der Waals surface area contributed by atoms with Gasteiger partial charge < -0.3 is 9.84 Å². The van der Waals surface area contributed by atoms with Gasteiger partial charge in [-0.3, -0.25) is 0 Å². The molecular weight excluding hydrogens is 172 g/mol. The van der Waals surface area contributed by atoms with E-state index in [1.807, 2.05) is 0 Å². The highest BCUT2D eigenvalue weighted by molar-refractivity contribution is 8.00. The number of aliphatic hydroxyl groups is 1. The van der Waals surface area contributed by atoms with Gasteiger partial charge in [0.2, 0.25) is 0 Å². The molecule has 2 nitrogen and oxygen atoms in total. The maximum atomic E-state index is 9.51. The molecule has 1 fully saturated rings. The van der Waals surface area contributed by atoms with Crippen LogP contribution in [-0.2, 0) is 4.74 Å². The second-order valence-corrected chi connectivity index (χ2v) is 4.70. The highest BCUT2D eigenvalue weighted by Gasteiger charge is 2.33. The van der Waals surface area contributed by atoms with E-state index < -0.39 is 0 Å². The topological polar surface area (TPSA) is 29.5 Å². The van der Waals surface area contributed by atoms with Crippen molar-refractivity contribution in [2.45, 2.75) is 44.1 Å². The largest absolute Gasteiger partial charge is 0.390 e. The average molecular weight is 190 g/mol. The van der Waals surface area contributed by atoms with Crippen LogP contribution < -0.4 is 0 Å². The van der Waals surface area contributed by atoms with Crippen LogP contribution in [0.15, 0.2) is 0 Å². The third-order valence-corrected chi connectivity index (χ3v) is 3.51. The molecule has 1 aliphatic rings. The van der Waals surface area contributed by atoms with E-state index in [9.17, 15) is 5.11 Å². The van der Waals surface area contributed by atoms with Crippen LogP contribution in [-0.4, -0.2) is 34.9 Å². The summed E-state index contributed by atoms with van der Waals surface area (Å²) >= 11 is 1.80. The van der Waals surface area contributed by atoms with Crippen molar-refractivity contribution in [3.63, 3.8) is 0 Å². The third-order valence-electron chi connectivity index (χ3n) is 2.18. The Morgan fingerprint density at radius 2 is 2.33 bits per heavy atom. The molecule has 72 valence electrons. The maximum Gasteiger partial charge on any atom is 0.0957 e. The van der Waals surface area contributed by atoms with E-state index >= 15 is 0 Å². The number of aliphatic hydroxyl groups excluding tert-OH is 1. The molecule has 0 spiro atoms. The SMILES string of the molecule is CCCCOC1[C@@H](O)CS[C@@H]1C. The Morgan fingerprint density at radius 1 is 1.58 bits per heavy atom. The van der Waals surface area contributed by atoms with Gasteiger partial charge in [0.15, 0.2) is 0 Å². The molecule has 3 heteroatoms. The summed E-state index contributed by atoms with van der Waals surface area (Å²) < 4.78 is 5.60. The molecular formula is C9H18O2S. The molecule has 1 rings (SSSR count).